The third-order valence-corrected chi connectivity index (χ3v) is 10.1. The summed E-state index contributed by atoms with van der Waals surface area (Å²) in [5, 5.41) is 21.0. The Morgan fingerprint density at radius 3 is 1.47 bits per heavy atom. The van der Waals surface area contributed by atoms with E-state index in [0.717, 1.165) is 38.8 Å². The van der Waals surface area contributed by atoms with Gasteiger partial charge in [-0.1, -0.05) is 0 Å². The summed E-state index contributed by atoms with van der Waals surface area (Å²) in [7, 11) is -3.81. The molecule has 0 aromatic heterocycles. The second-order valence-electron chi connectivity index (χ2n) is 12.1. The average molecular weight is 677 g/mol. The van der Waals surface area contributed by atoms with Crippen molar-refractivity contribution >= 4 is 21.8 Å². The molecule has 0 aliphatic carbocycles. The van der Waals surface area contributed by atoms with Crippen LogP contribution in [0.25, 0.3) is 0 Å². The molecule has 4 atom stereocenters. The lowest BCUT2D eigenvalue weighted by molar-refractivity contribution is -0.151. The van der Waals surface area contributed by atoms with Crippen molar-refractivity contribution in [1.82, 2.24) is 9.80 Å². The van der Waals surface area contributed by atoms with Crippen LogP contribution in [-0.4, -0.2) is 118 Å². The number of piperidine rings is 2. The number of rotatable bonds is 16. The zero-order valence-corrected chi connectivity index (χ0v) is 28.1. The highest BCUT2D eigenvalue weighted by molar-refractivity contribution is 7.91. The first-order chi connectivity index (χ1) is 22.6. The van der Waals surface area contributed by atoms with Gasteiger partial charge in [0.05, 0.1) is 34.8 Å². The number of carbonyl (C=O) groups excluding carboxylic acids is 2. The van der Waals surface area contributed by atoms with Gasteiger partial charge in [0.1, 0.15) is 36.9 Å². The maximum Gasteiger partial charge on any atom is 0.310 e. The van der Waals surface area contributed by atoms with Crippen LogP contribution in [-0.2, 0) is 28.9 Å². The summed E-state index contributed by atoms with van der Waals surface area (Å²) < 4.78 is 48.1. The van der Waals surface area contributed by atoms with E-state index in [-0.39, 0.29) is 46.8 Å². The summed E-state index contributed by atoms with van der Waals surface area (Å²) >= 11 is 0. The third kappa shape index (κ3) is 10.9. The van der Waals surface area contributed by atoms with Crippen molar-refractivity contribution in [3.8, 4) is 11.5 Å². The number of aliphatic hydroxyl groups excluding tert-OH is 2. The van der Waals surface area contributed by atoms with Crippen molar-refractivity contribution in [3.05, 3.63) is 48.5 Å². The highest BCUT2D eigenvalue weighted by atomic mass is 32.2. The second-order valence-corrected chi connectivity index (χ2v) is 14.0. The molecule has 4 rings (SSSR count). The Kier molecular flexibility index (Phi) is 13.9. The lowest BCUT2D eigenvalue weighted by atomic mass is 9.98. The number of hydrogen-bond acceptors (Lipinski definition) is 12. The second kappa shape index (κ2) is 17.8. The molecule has 4 unspecified atom stereocenters. The van der Waals surface area contributed by atoms with Crippen molar-refractivity contribution in [3.63, 3.8) is 0 Å². The van der Waals surface area contributed by atoms with E-state index in [4.69, 9.17) is 18.9 Å². The van der Waals surface area contributed by atoms with Crippen LogP contribution >= 0.6 is 0 Å². The number of nitrogens with zero attached hydrogens (tertiary/aromatic N) is 2. The van der Waals surface area contributed by atoms with Gasteiger partial charge in [0.25, 0.3) is 0 Å². The normalized spacial score (nSPS) is 20.6. The van der Waals surface area contributed by atoms with Gasteiger partial charge < -0.3 is 29.2 Å². The summed E-state index contributed by atoms with van der Waals surface area (Å²) in [6.45, 7) is 7.68. The topological polar surface area (TPSA) is 152 Å². The molecule has 2 aromatic carbocycles. The van der Waals surface area contributed by atoms with E-state index in [1.54, 1.807) is 38.1 Å². The van der Waals surface area contributed by atoms with Gasteiger partial charge >= 0.3 is 11.9 Å². The predicted molar refractivity (Wildman–Crippen MR) is 173 cm³/mol. The fourth-order valence-electron chi connectivity index (χ4n) is 6.00. The molecule has 2 heterocycles. The molecule has 0 radical (unpaired) electrons. The van der Waals surface area contributed by atoms with Gasteiger partial charge in [-0.3, -0.25) is 19.4 Å². The maximum atomic E-state index is 13.2. The number of hydrogen-bond donors (Lipinski definition) is 2. The lowest BCUT2D eigenvalue weighted by Gasteiger charge is -2.32. The molecule has 0 saturated carbocycles. The highest BCUT2D eigenvalue weighted by Gasteiger charge is 2.29. The maximum absolute atomic E-state index is 13.2. The fraction of sp³-hybridized carbons (Fsp3) is 0.588. The number of benzene rings is 2. The van der Waals surface area contributed by atoms with Crippen molar-refractivity contribution in [1.29, 1.82) is 0 Å². The number of β-amino-alcohol motifs (C(OH)–C–C–N with tert-alkyl or cyclic N) is 2. The Labute approximate surface area is 277 Å². The van der Waals surface area contributed by atoms with Crippen LogP contribution in [0.1, 0.15) is 39.5 Å². The van der Waals surface area contributed by atoms with Gasteiger partial charge in [0, 0.05) is 26.2 Å². The van der Waals surface area contributed by atoms with E-state index in [2.05, 4.69) is 0 Å². The summed E-state index contributed by atoms with van der Waals surface area (Å²) in [4.78, 5) is 28.4. The smallest absolute Gasteiger partial charge is 0.310 e. The van der Waals surface area contributed by atoms with Crippen LogP contribution in [0.5, 0.6) is 11.5 Å². The van der Waals surface area contributed by atoms with Gasteiger partial charge in [-0.2, -0.15) is 0 Å². The number of ether oxygens (including phenoxy) is 4. The molecule has 12 nitrogen and oxygen atoms in total. The number of aliphatic hydroxyl groups is 2. The molecule has 0 amide bonds. The first-order valence-electron chi connectivity index (χ1n) is 16.4. The lowest BCUT2D eigenvalue weighted by Crippen LogP contribution is -2.44. The van der Waals surface area contributed by atoms with Crippen LogP contribution in [0.2, 0.25) is 0 Å². The molecule has 0 bridgehead atoms. The van der Waals surface area contributed by atoms with Crippen LogP contribution in [0.3, 0.4) is 0 Å². The molecule has 2 fully saturated rings. The van der Waals surface area contributed by atoms with Gasteiger partial charge in [0.15, 0.2) is 0 Å². The molecule has 2 aliphatic heterocycles. The monoisotopic (exact) mass is 676 g/mol. The van der Waals surface area contributed by atoms with E-state index in [1.165, 1.54) is 24.3 Å². The zero-order chi connectivity index (χ0) is 33.8. The SMILES string of the molecule is CCOC(=O)C1CCCN(CC(O)COc2ccc(S(=O)(=O)c3ccc(OCC(O)CN4CCCC(C(=O)OCC)C4)cc3)cc2)C1. The van der Waals surface area contributed by atoms with Crippen molar-refractivity contribution in [2.45, 2.75) is 61.5 Å². The molecule has 260 valence electrons. The number of likely N-dealkylation sites (tertiary alicyclic amines) is 2. The van der Waals surface area contributed by atoms with E-state index in [1.807, 2.05) is 9.80 Å². The van der Waals surface area contributed by atoms with Crippen molar-refractivity contribution in [2.24, 2.45) is 11.8 Å². The Bertz CT molecular complexity index is 1290. The summed E-state index contributed by atoms with van der Waals surface area (Å²) in [6, 6.07) is 12.0. The molecule has 47 heavy (non-hydrogen) atoms. The third-order valence-electron chi connectivity index (χ3n) is 8.34. The van der Waals surface area contributed by atoms with Gasteiger partial charge in [-0.15, -0.1) is 0 Å². The largest absolute Gasteiger partial charge is 0.491 e. The summed E-state index contributed by atoms with van der Waals surface area (Å²) in [5.41, 5.74) is 0. The first-order valence-corrected chi connectivity index (χ1v) is 17.9. The van der Waals surface area contributed by atoms with Gasteiger partial charge in [0.2, 0.25) is 9.84 Å². The number of sulfone groups is 1. The number of esters is 2. The molecule has 2 N–H and O–H groups in total. The summed E-state index contributed by atoms with van der Waals surface area (Å²) in [5.74, 6) is 0.0756. The summed E-state index contributed by atoms with van der Waals surface area (Å²) in [6.07, 6.45) is 1.70. The standard InChI is InChI=1S/C34H48N2O10S/c1-3-43-33(39)25-7-5-17-35(19-25)21-27(37)23-45-29-9-13-31(14-10-29)47(41,42)32-15-11-30(12-16-32)46-24-28(38)22-36-18-6-8-26(20-36)34(40)44-4-2/h9-16,25-28,37-38H,3-8,17-24H2,1-2H3. The molecular weight excluding hydrogens is 628 g/mol. The Morgan fingerprint density at radius 2 is 1.11 bits per heavy atom. The average Bonchev–Trinajstić information content (AvgIpc) is 3.07. The molecule has 2 aliphatic rings. The van der Waals surface area contributed by atoms with Crippen molar-refractivity contribution in [2.75, 3.05) is 65.7 Å². The molecule has 13 heteroatoms. The van der Waals surface area contributed by atoms with Crippen LogP contribution in [0.15, 0.2) is 58.3 Å². The molecular formula is C34H48N2O10S. The van der Waals surface area contributed by atoms with Crippen molar-refractivity contribution < 1.29 is 47.2 Å². The predicted octanol–water partition coefficient (Wildman–Crippen LogP) is 2.55. The van der Waals surface area contributed by atoms with Crippen LogP contribution in [0.4, 0.5) is 0 Å². The minimum atomic E-state index is -3.81. The van der Waals surface area contributed by atoms with E-state index in [9.17, 15) is 28.2 Å². The zero-order valence-electron chi connectivity index (χ0n) is 27.3. The van der Waals surface area contributed by atoms with E-state index < -0.39 is 22.0 Å². The molecule has 2 aromatic rings. The minimum absolute atomic E-state index is 0.0228. The Morgan fingerprint density at radius 1 is 0.723 bits per heavy atom. The molecule has 0 spiro atoms. The molecule has 2 saturated heterocycles. The number of carbonyl (C=O) groups is 2. The van der Waals surface area contributed by atoms with Gasteiger partial charge in [-0.05, 0) is 101 Å². The quantitative estimate of drug-likeness (QED) is 0.252. The minimum Gasteiger partial charge on any atom is -0.491 e. The van der Waals surface area contributed by atoms with Gasteiger partial charge in [-0.25, -0.2) is 8.42 Å². The van der Waals surface area contributed by atoms with E-state index in [0.29, 0.717) is 50.9 Å². The Hall–Kier alpha value is -3.23. The fourth-order valence-corrected chi connectivity index (χ4v) is 7.26. The Balaban J connectivity index is 1.21. The van der Waals surface area contributed by atoms with E-state index >= 15 is 0 Å². The van der Waals surface area contributed by atoms with Crippen LogP contribution < -0.4 is 9.47 Å². The van der Waals surface area contributed by atoms with Crippen LogP contribution in [0, 0.1) is 11.8 Å². The first kappa shape index (κ1) is 36.6. The highest BCUT2D eigenvalue weighted by Crippen LogP contribution is 2.26.